The second-order valence-electron chi connectivity index (χ2n) is 6.01. The lowest BCUT2D eigenvalue weighted by molar-refractivity contribution is -0.146. The number of nitrogens with zero attached hydrogens (tertiary/aromatic N) is 2. The van der Waals surface area contributed by atoms with Gasteiger partial charge in [-0.25, -0.2) is 4.98 Å². The lowest BCUT2D eigenvalue weighted by Gasteiger charge is -2.33. The summed E-state index contributed by atoms with van der Waals surface area (Å²) in [7, 11) is 0. The van der Waals surface area contributed by atoms with Crippen LogP contribution in [0.25, 0.3) is 0 Å². The van der Waals surface area contributed by atoms with Crippen LogP contribution in [0.1, 0.15) is 49.9 Å². The van der Waals surface area contributed by atoms with E-state index in [0.29, 0.717) is 31.7 Å². The van der Waals surface area contributed by atoms with Crippen LogP contribution in [-0.4, -0.2) is 33.4 Å². The van der Waals surface area contributed by atoms with Crippen molar-refractivity contribution in [3.63, 3.8) is 0 Å². The fourth-order valence-electron chi connectivity index (χ4n) is 2.90. The van der Waals surface area contributed by atoms with Crippen molar-refractivity contribution < 1.29 is 14.7 Å². The van der Waals surface area contributed by atoms with Gasteiger partial charge in [-0.1, -0.05) is 13.8 Å². The Morgan fingerprint density at radius 2 is 2.29 bits per heavy atom. The maximum Gasteiger partial charge on any atom is 0.309 e. The van der Waals surface area contributed by atoms with Crippen LogP contribution in [0.2, 0.25) is 0 Å². The lowest BCUT2D eigenvalue weighted by atomic mass is 9.92. The zero-order chi connectivity index (χ0) is 15.6. The standard InChI is InChI=1S/C15H22N2O3S/c1-9(2)7-17-13(18)6-4-5-11(15(19)20)14(17)12-8-21-10(3)16-12/h8-9,11,14H,4-7H2,1-3H3,(H,19,20). The summed E-state index contributed by atoms with van der Waals surface area (Å²) in [5.41, 5.74) is 0.723. The van der Waals surface area contributed by atoms with Crippen molar-refractivity contribution in [1.29, 1.82) is 0 Å². The van der Waals surface area contributed by atoms with E-state index in [0.717, 1.165) is 10.7 Å². The van der Waals surface area contributed by atoms with Crippen LogP contribution < -0.4 is 0 Å². The fourth-order valence-corrected chi connectivity index (χ4v) is 3.54. The molecule has 1 aromatic heterocycles. The third-order valence-corrected chi connectivity index (χ3v) is 4.55. The first-order valence-corrected chi connectivity index (χ1v) is 8.22. The molecule has 21 heavy (non-hydrogen) atoms. The highest BCUT2D eigenvalue weighted by Gasteiger charge is 2.39. The summed E-state index contributed by atoms with van der Waals surface area (Å²) in [6.07, 6.45) is 1.58. The molecule has 5 nitrogen and oxygen atoms in total. The molecule has 1 fully saturated rings. The molecule has 0 spiro atoms. The molecule has 2 unspecified atom stereocenters. The molecule has 1 aliphatic heterocycles. The van der Waals surface area contributed by atoms with Gasteiger partial charge < -0.3 is 10.0 Å². The molecule has 1 amide bonds. The predicted octanol–water partition coefficient (Wildman–Crippen LogP) is 2.86. The smallest absolute Gasteiger partial charge is 0.309 e. The Hall–Kier alpha value is -1.43. The Labute approximate surface area is 129 Å². The second-order valence-corrected chi connectivity index (χ2v) is 7.08. The molecule has 2 heterocycles. The van der Waals surface area contributed by atoms with Gasteiger partial charge in [0.15, 0.2) is 0 Å². The SMILES string of the molecule is Cc1nc(C2C(C(=O)O)CCCC(=O)N2CC(C)C)cs1. The van der Waals surface area contributed by atoms with E-state index in [1.807, 2.05) is 26.2 Å². The Morgan fingerprint density at radius 3 is 2.81 bits per heavy atom. The highest BCUT2D eigenvalue weighted by atomic mass is 32.1. The summed E-state index contributed by atoms with van der Waals surface area (Å²) in [4.78, 5) is 30.3. The number of carbonyl (C=O) groups is 2. The van der Waals surface area contributed by atoms with Crippen molar-refractivity contribution in [3.8, 4) is 0 Å². The minimum Gasteiger partial charge on any atom is -0.481 e. The summed E-state index contributed by atoms with van der Waals surface area (Å²) >= 11 is 1.50. The van der Waals surface area contributed by atoms with Crippen LogP contribution in [0, 0.1) is 18.8 Å². The van der Waals surface area contributed by atoms with E-state index in [1.165, 1.54) is 11.3 Å². The fraction of sp³-hybridized carbons (Fsp3) is 0.667. The lowest BCUT2D eigenvalue weighted by Crippen LogP contribution is -2.41. The Morgan fingerprint density at radius 1 is 1.57 bits per heavy atom. The quantitative estimate of drug-likeness (QED) is 0.928. The van der Waals surface area contributed by atoms with Gasteiger partial charge in [-0.3, -0.25) is 9.59 Å². The van der Waals surface area contributed by atoms with E-state index in [9.17, 15) is 14.7 Å². The van der Waals surface area contributed by atoms with E-state index >= 15 is 0 Å². The summed E-state index contributed by atoms with van der Waals surface area (Å²) in [5, 5.41) is 12.4. The molecule has 6 heteroatoms. The Kier molecular flexibility index (Phi) is 4.98. The molecule has 2 atom stereocenters. The molecule has 0 radical (unpaired) electrons. The van der Waals surface area contributed by atoms with Gasteiger partial charge in [-0.2, -0.15) is 0 Å². The first-order valence-electron chi connectivity index (χ1n) is 7.34. The number of aromatic nitrogens is 1. The third-order valence-electron chi connectivity index (χ3n) is 3.76. The van der Waals surface area contributed by atoms with Crippen molar-refractivity contribution in [1.82, 2.24) is 9.88 Å². The predicted molar refractivity (Wildman–Crippen MR) is 81.1 cm³/mol. The number of thiazole rings is 1. The van der Waals surface area contributed by atoms with Crippen LogP contribution in [0.4, 0.5) is 0 Å². The van der Waals surface area contributed by atoms with E-state index in [4.69, 9.17) is 0 Å². The Balaban J connectivity index is 2.43. The maximum atomic E-state index is 12.4. The van der Waals surface area contributed by atoms with Gasteiger partial charge in [0.2, 0.25) is 5.91 Å². The van der Waals surface area contributed by atoms with Crippen molar-refractivity contribution in [2.24, 2.45) is 11.8 Å². The molecule has 2 rings (SSSR count). The van der Waals surface area contributed by atoms with E-state index < -0.39 is 17.9 Å². The molecule has 1 aromatic rings. The maximum absolute atomic E-state index is 12.4. The van der Waals surface area contributed by atoms with Gasteiger partial charge in [0.25, 0.3) is 0 Å². The first kappa shape index (κ1) is 15.9. The summed E-state index contributed by atoms with van der Waals surface area (Å²) < 4.78 is 0. The van der Waals surface area contributed by atoms with Gasteiger partial charge >= 0.3 is 5.97 Å². The van der Waals surface area contributed by atoms with Crippen LogP contribution in [0.15, 0.2) is 5.38 Å². The molecule has 1 aliphatic rings. The zero-order valence-corrected chi connectivity index (χ0v) is 13.5. The number of rotatable bonds is 4. The van der Waals surface area contributed by atoms with Crippen molar-refractivity contribution in [3.05, 3.63) is 16.1 Å². The van der Waals surface area contributed by atoms with E-state index in [1.54, 1.807) is 4.90 Å². The van der Waals surface area contributed by atoms with Crippen LogP contribution in [0.5, 0.6) is 0 Å². The van der Waals surface area contributed by atoms with Crippen molar-refractivity contribution in [2.75, 3.05) is 6.54 Å². The van der Waals surface area contributed by atoms with Gasteiger partial charge in [-0.15, -0.1) is 11.3 Å². The number of aryl methyl sites for hydroxylation is 1. The van der Waals surface area contributed by atoms with Crippen molar-refractivity contribution in [2.45, 2.75) is 46.1 Å². The molecule has 0 aromatic carbocycles. The number of aliphatic carboxylic acids is 1. The molecule has 0 bridgehead atoms. The molecular formula is C15H22N2O3S. The topological polar surface area (TPSA) is 70.5 Å². The zero-order valence-electron chi connectivity index (χ0n) is 12.7. The largest absolute Gasteiger partial charge is 0.481 e. The van der Waals surface area contributed by atoms with Crippen molar-refractivity contribution >= 4 is 23.2 Å². The minimum atomic E-state index is -0.839. The van der Waals surface area contributed by atoms with Gasteiger partial charge in [-0.05, 0) is 25.7 Å². The Bertz CT molecular complexity index is 527. The third kappa shape index (κ3) is 3.61. The summed E-state index contributed by atoms with van der Waals surface area (Å²) in [5.74, 6) is -1.07. The summed E-state index contributed by atoms with van der Waals surface area (Å²) in [6, 6.07) is -0.440. The van der Waals surface area contributed by atoms with Crippen LogP contribution in [0.3, 0.4) is 0 Å². The molecule has 1 N–H and O–H groups in total. The number of carboxylic acid groups (broad SMARTS) is 1. The molecule has 0 aliphatic carbocycles. The van der Waals surface area contributed by atoms with Gasteiger partial charge in [0.05, 0.1) is 22.7 Å². The average Bonchev–Trinajstić information content (AvgIpc) is 2.74. The normalized spacial score (nSPS) is 23.4. The monoisotopic (exact) mass is 310 g/mol. The van der Waals surface area contributed by atoms with Crippen LogP contribution in [-0.2, 0) is 9.59 Å². The molecular weight excluding hydrogens is 288 g/mol. The molecule has 0 saturated carbocycles. The van der Waals surface area contributed by atoms with Gasteiger partial charge in [0.1, 0.15) is 0 Å². The number of hydrogen-bond donors (Lipinski definition) is 1. The number of carboxylic acids is 1. The van der Waals surface area contributed by atoms with Crippen LogP contribution >= 0.6 is 11.3 Å². The first-order chi connectivity index (χ1) is 9.90. The highest BCUT2D eigenvalue weighted by molar-refractivity contribution is 7.09. The molecule has 116 valence electrons. The summed E-state index contributed by atoms with van der Waals surface area (Å²) in [6.45, 7) is 6.55. The van der Waals surface area contributed by atoms with E-state index in [-0.39, 0.29) is 5.91 Å². The number of amides is 1. The average molecular weight is 310 g/mol. The molecule has 1 saturated heterocycles. The highest BCUT2D eigenvalue weighted by Crippen LogP contribution is 2.36. The van der Waals surface area contributed by atoms with E-state index in [2.05, 4.69) is 4.98 Å². The second kappa shape index (κ2) is 6.56. The van der Waals surface area contributed by atoms with Gasteiger partial charge in [0, 0.05) is 18.3 Å². The number of hydrogen-bond acceptors (Lipinski definition) is 4. The number of likely N-dealkylation sites (tertiary alicyclic amines) is 1. The number of carbonyl (C=O) groups excluding carboxylic acids is 1. The minimum absolute atomic E-state index is 0.0445.